The van der Waals surface area contributed by atoms with E-state index >= 15 is 0 Å². The van der Waals surface area contributed by atoms with Gasteiger partial charge in [-0.2, -0.15) is 0 Å². The molecule has 0 saturated carbocycles. The first kappa shape index (κ1) is 20.1. The highest BCUT2D eigenvalue weighted by atomic mass is 16.7. The van der Waals surface area contributed by atoms with Gasteiger partial charge in [-0.15, -0.1) is 0 Å². The minimum Gasteiger partial charge on any atom is -0.454 e. The van der Waals surface area contributed by atoms with Crippen molar-refractivity contribution in [1.82, 2.24) is 15.5 Å². The summed E-state index contributed by atoms with van der Waals surface area (Å²) in [5.74, 6) is 2.44. The van der Waals surface area contributed by atoms with E-state index in [1.54, 1.807) is 7.05 Å². The smallest absolute Gasteiger partial charge is 0.407 e. The van der Waals surface area contributed by atoms with Gasteiger partial charge in [0, 0.05) is 26.7 Å². The molecule has 8 heteroatoms. The van der Waals surface area contributed by atoms with Crippen LogP contribution in [-0.4, -0.2) is 62.1 Å². The average Bonchev–Trinajstić information content (AvgIpc) is 3.25. The lowest BCUT2D eigenvalue weighted by molar-refractivity contribution is 0.0507. The summed E-state index contributed by atoms with van der Waals surface area (Å²) in [6.07, 6.45) is 1.34. The summed E-state index contributed by atoms with van der Waals surface area (Å²) in [7, 11) is 1.78. The number of carbonyl (C=O) groups excluding carboxylic acids is 1. The molecule has 2 aliphatic rings. The number of ether oxygens (including phenoxy) is 3. The van der Waals surface area contributed by atoms with E-state index in [1.165, 1.54) is 5.56 Å². The van der Waals surface area contributed by atoms with E-state index < -0.39 is 5.60 Å². The van der Waals surface area contributed by atoms with E-state index in [-0.39, 0.29) is 18.9 Å². The second-order valence-corrected chi connectivity index (χ2v) is 7.99. The van der Waals surface area contributed by atoms with Crippen molar-refractivity contribution >= 4 is 12.1 Å². The highest BCUT2D eigenvalue weighted by molar-refractivity contribution is 5.80. The zero-order chi connectivity index (χ0) is 20.1. The van der Waals surface area contributed by atoms with Gasteiger partial charge in [0.15, 0.2) is 17.5 Å². The Labute approximate surface area is 166 Å². The monoisotopic (exact) mass is 390 g/mol. The minimum atomic E-state index is -0.491. The Morgan fingerprint density at radius 2 is 2.11 bits per heavy atom. The number of benzene rings is 1. The van der Waals surface area contributed by atoms with Gasteiger partial charge in [0.1, 0.15) is 5.60 Å². The Morgan fingerprint density at radius 1 is 1.32 bits per heavy atom. The summed E-state index contributed by atoms with van der Waals surface area (Å²) in [5.41, 5.74) is 0.687. The quantitative estimate of drug-likeness (QED) is 0.605. The standard InChI is InChI=1S/C20H30N4O4/c1-20(2,3)28-19(25)23-15-8-10-24(12-15)18(21-4)22-9-7-14-5-6-16-17(11-14)27-13-26-16/h5-6,11,15H,7-10,12-13H2,1-4H3,(H,21,22)(H,23,25). The van der Waals surface area contributed by atoms with E-state index in [1.807, 2.05) is 32.9 Å². The maximum atomic E-state index is 12.0. The summed E-state index contributed by atoms with van der Waals surface area (Å²) < 4.78 is 16.1. The Morgan fingerprint density at radius 3 is 2.86 bits per heavy atom. The number of carbonyl (C=O) groups is 1. The molecule has 28 heavy (non-hydrogen) atoms. The van der Waals surface area contributed by atoms with Gasteiger partial charge in [-0.25, -0.2) is 4.79 Å². The van der Waals surface area contributed by atoms with Crippen LogP contribution in [0.5, 0.6) is 11.5 Å². The largest absolute Gasteiger partial charge is 0.454 e. The second-order valence-electron chi connectivity index (χ2n) is 7.99. The van der Waals surface area contributed by atoms with Crippen molar-refractivity contribution in [3.05, 3.63) is 23.8 Å². The molecular weight excluding hydrogens is 360 g/mol. The zero-order valence-electron chi connectivity index (χ0n) is 17.1. The van der Waals surface area contributed by atoms with Gasteiger partial charge in [-0.05, 0) is 51.3 Å². The van der Waals surface area contributed by atoms with Crippen molar-refractivity contribution in [2.45, 2.75) is 45.3 Å². The lowest BCUT2D eigenvalue weighted by Crippen LogP contribution is -2.44. The van der Waals surface area contributed by atoms with E-state index in [4.69, 9.17) is 14.2 Å². The molecule has 0 aliphatic carbocycles. The molecule has 0 aromatic heterocycles. The van der Waals surface area contributed by atoms with Crippen LogP contribution >= 0.6 is 0 Å². The van der Waals surface area contributed by atoms with E-state index in [0.717, 1.165) is 43.4 Å². The van der Waals surface area contributed by atoms with E-state index in [0.29, 0.717) is 6.54 Å². The number of fused-ring (bicyclic) bond motifs is 1. The number of hydrogen-bond acceptors (Lipinski definition) is 5. The number of hydrogen-bond donors (Lipinski definition) is 2. The van der Waals surface area contributed by atoms with Gasteiger partial charge in [-0.1, -0.05) is 6.07 Å². The van der Waals surface area contributed by atoms with Crippen molar-refractivity contribution in [3.63, 3.8) is 0 Å². The third kappa shape index (κ3) is 5.43. The maximum absolute atomic E-state index is 12.0. The van der Waals surface area contributed by atoms with Crippen LogP contribution in [0.1, 0.15) is 32.8 Å². The second kappa shape index (κ2) is 8.58. The summed E-state index contributed by atoms with van der Waals surface area (Å²) in [5, 5.41) is 6.34. The molecule has 8 nitrogen and oxygen atoms in total. The molecule has 1 aromatic carbocycles. The Kier molecular flexibility index (Phi) is 6.16. The van der Waals surface area contributed by atoms with Crippen LogP contribution in [0.25, 0.3) is 0 Å². The molecule has 0 radical (unpaired) electrons. The van der Waals surface area contributed by atoms with Crippen molar-refractivity contribution in [1.29, 1.82) is 0 Å². The topological polar surface area (TPSA) is 84.4 Å². The van der Waals surface area contributed by atoms with Crippen LogP contribution in [0, 0.1) is 0 Å². The Bertz CT molecular complexity index is 729. The fraction of sp³-hybridized carbons (Fsp3) is 0.600. The normalized spacial score (nSPS) is 18.9. The highest BCUT2D eigenvalue weighted by Crippen LogP contribution is 2.32. The third-order valence-corrected chi connectivity index (χ3v) is 4.55. The van der Waals surface area contributed by atoms with E-state index in [9.17, 15) is 4.79 Å². The van der Waals surface area contributed by atoms with Crippen LogP contribution in [0.2, 0.25) is 0 Å². The van der Waals surface area contributed by atoms with Crippen molar-refractivity contribution in [2.24, 2.45) is 4.99 Å². The van der Waals surface area contributed by atoms with Gasteiger partial charge in [-0.3, -0.25) is 4.99 Å². The number of aliphatic imine (C=N–C) groups is 1. The summed E-state index contributed by atoms with van der Waals surface area (Å²) >= 11 is 0. The molecule has 1 fully saturated rings. The molecule has 0 bridgehead atoms. The summed E-state index contributed by atoms with van der Waals surface area (Å²) in [6.45, 7) is 8.18. The number of alkyl carbamates (subject to hydrolysis) is 1. The zero-order valence-corrected chi connectivity index (χ0v) is 17.1. The fourth-order valence-corrected chi connectivity index (χ4v) is 3.29. The minimum absolute atomic E-state index is 0.0576. The predicted octanol–water partition coefficient (Wildman–Crippen LogP) is 2.13. The molecule has 2 N–H and O–H groups in total. The van der Waals surface area contributed by atoms with Crippen LogP contribution in [-0.2, 0) is 11.2 Å². The van der Waals surface area contributed by atoms with Gasteiger partial charge < -0.3 is 29.7 Å². The molecule has 154 valence electrons. The maximum Gasteiger partial charge on any atom is 0.407 e. The number of nitrogens with zero attached hydrogens (tertiary/aromatic N) is 2. The van der Waals surface area contributed by atoms with Crippen LogP contribution < -0.4 is 20.1 Å². The average molecular weight is 390 g/mol. The third-order valence-electron chi connectivity index (χ3n) is 4.55. The van der Waals surface area contributed by atoms with Crippen molar-refractivity contribution in [2.75, 3.05) is 33.5 Å². The molecule has 3 rings (SSSR count). The highest BCUT2D eigenvalue weighted by Gasteiger charge is 2.27. The first-order chi connectivity index (χ1) is 13.3. The van der Waals surface area contributed by atoms with Gasteiger partial charge >= 0.3 is 6.09 Å². The molecule has 1 amide bonds. The SMILES string of the molecule is CN=C(NCCc1ccc2c(c1)OCO2)N1CCC(NC(=O)OC(C)(C)C)C1. The number of nitrogens with one attached hydrogen (secondary N) is 2. The predicted molar refractivity (Wildman–Crippen MR) is 107 cm³/mol. The Hall–Kier alpha value is -2.64. The van der Waals surface area contributed by atoms with Crippen LogP contribution in [0.3, 0.4) is 0 Å². The first-order valence-electron chi connectivity index (χ1n) is 9.68. The van der Waals surface area contributed by atoms with Gasteiger partial charge in [0.25, 0.3) is 0 Å². The van der Waals surface area contributed by atoms with Crippen LogP contribution in [0.4, 0.5) is 4.79 Å². The lowest BCUT2D eigenvalue weighted by atomic mass is 10.1. The molecule has 2 heterocycles. The first-order valence-corrected chi connectivity index (χ1v) is 9.68. The summed E-state index contributed by atoms with van der Waals surface area (Å²) in [4.78, 5) is 18.5. The fourth-order valence-electron chi connectivity index (χ4n) is 3.29. The number of guanidine groups is 1. The molecule has 1 saturated heterocycles. The number of likely N-dealkylation sites (tertiary alicyclic amines) is 1. The molecule has 2 aliphatic heterocycles. The Balaban J connectivity index is 1.43. The van der Waals surface area contributed by atoms with Crippen molar-refractivity contribution in [3.8, 4) is 11.5 Å². The molecule has 1 unspecified atom stereocenters. The van der Waals surface area contributed by atoms with Crippen molar-refractivity contribution < 1.29 is 19.0 Å². The number of amides is 1. The summed E-state index contributed by atoms with van der Waals surface area (Å²) in [6, 6.07) is 6.07. The van der Waals surface area contributed by atoms with Gasteiger partial charge in [0.05, 0.1) is 6.04 Å². The lowest BCUT2D eigenvalue weighted by Gasteiger charge is -2.23. The molecule has 1 aromatic rings. The van der Waals surface area contributed by atoms with Gasteiger partial charge in [0.2, 0.25) is 6.79 Å². The molecule has 1 atom stereocenters. The molecular formula is C20H30N4O4. The van der Waals surface area contributed by atoms with Crippen LogP contribution in [0.15, 0.2) is 23.2 Å². The number of rotatable bonds is 4. The van der Waals surface area contributed by atoms with E-state index in [2.05, 4.69) is 26.6 Å². The molecule has 0 spiro atoms.